The van der Waals surface area contributed by atoms with Crippen LogP contribution in [0, 0.1) is 43.6 Å². The Kier molecular flexibility index (Phi) is 16.5. The Morgan fingerprint density at radius 1 is 0.588 bits per heavy atom. The van der Waals surface area contributed by atoms with Gasteiger partial charge in [-0.25, -0.2) is 0 Å². The van der Waals surface area contributed by atoms with E-state index in [1.165, 1.54) is 67.1 Å². The number of rotatable bonds is 0. The fourth-order valence-electron chi connectivity index (χ4n) is 4.08. The minimum atomic E-state index is 0. The third-order valence-electron chi connectivity index (χ3n) is 5.41. The first kappa shape index (κ1) is 37.3. The molecule has 0 unspecified atom stereocenters. The average Bonchev–Trinajstić information content (AvgIpc) is 3.21. The number of fused-ring (bicyclic) bond motifs is 2. The van der Waals surface area contributed by atoms with Crippen molar-refractivity contribution in [3.8, 4) is 0 Å². The summed E-state index contributed by atoms with van der Waals surface area (Å²) in [5, 5.41) is 5.57. The SMILES string of the molecule is Cc1cc2c(C(C)(C)C)cccc2[cH-]1.Cc1cc2c(C(C)(C)C)cccc2[cH-]1.[CH3-].[CH3-].[CH3-].[CH3-].[Si]=[Zr]. The normalized spacial score (nSPS) is 10.2. The summed E-state index contributed by atoms with van der Waals surface area (Å²) in [4.78, 5) is 0. The van der Waals surface area contributed by atoms with E-state index in [1.54, 1.807) is 0 Å². The molecule has 0 saturated heterocycles. The molecule has 2 radical (unpaired) electrons. The van der Waals surface area contributed by atoms with Crippen molar-refractivity contribution in [1.29, 1.82) is 0 Å². The van der Waals surface area contributed by atoms with Gasteiger partial charge in [-0.3, -0.25) is 0 Å². The van der Waals surface area contributed by atoms with Crippen LogP contribution in [0.1, 0.15) is 63.8 Å². The van der Waals surface area contributed by atoms with Crippen molar-refractivity contribution in [2.24, 2.45) is 0 Å². The van der Waals surface area contributed by atoms with E-state index in [2.05, 4.69) is 123 Å². The molecule has 34 heavy (non-hydrogen) atoms. The number of benzene rings is 2. The van der Waals surface area contributed by atoms with Crippen LogP contribution in [0.2, 0.25) is 0 Å². The molecule has 0 saturated carbocycles. The van der Waals surface area contributed by atoms with E-state index in [1.807, 2.05) is 0 Å². The van der Waals surface area contributed by atoms with Gasteiger partial charge in [-0.2, -0.15) is 12.1 Å². The topological polar surface area (TPSA) is 0 Å². The molecule has 0 N–H and O–H groups in total. The number of hydrogen-bond acceptors (Lipinski definition) is 0. The standard InChI is InChI=1S/2C14H17.4CH3.Si.Zr/c2*1-10-8-11-6-5-7-13(12(11)9-10)14(2,3)4;;;;;;/h2*5-9H,1-4H3;4*1H3;;/q6*-1;;. The van der Waals surface area contributed by atoms with Gasteiger partial charge in [0.05, 0.1) is 0 Å². The Labute approximate surface area is 229 Å². The van der Waals surface area contributed by atoms with Crippen LogP contribution in [-0.4, -0.2) is 6.88 Å². The van der Waals surface area contributed by atoms with Gasteiger partial charge in [0.1, 0.15) is 0 Å². The molecule has 0 aliphatic carbocycles. The molecule has 188 valence electrons. The molecular weight excluding hydrogens is 504 g/mol. The predicted octanol–water partition coefficient (Wildman–Crippen LogP) is 9.75. The summed E-state index contributed by atoms with van der Waals surface area (Å²) in [6, 6.07) is 22.3. The molecule has 0 amide bonds. The summed E-state index contributed by atoms with van der Waals surface area (Å²) in [7, 11) is 0. The molecule has 4 aromatic carbocycles. The van der Waals surface area contributed by atoms with Crippen LogP contribution < -0.4 is 0 Å². The quantitative estimate of drug-likeness (QED) is 0.151. The van der Waals surface area contributed by atoms with Gasteiger partial charge in [0.25, 0.3) is 0 Å². The van der Waals surface area contributed by atoms with E-state index in [0.29, 0.717) is 0 Å². The molecule has 0 atom stereocenters. The van der Waals surface area contributed by atoms with Gasteiger partial charge >= 0.3 is 30.2 Å². The Morgan fingerprint density at radius 3 is 1.15 bits per heavy atom. The third kappa shape index (κ3) is 9.09. The van der Waals surface area contributed by atoms with Gasteiger partial charge < -0.3 is 29.7 Å². The fraction of sp³-hybridized carbons (Fsp3) is 0.312. The van der Waals surface area contributed by atoms with Gasteiger partial charge in [0, 0.05) is 0 Å². The number of hydrogen-bond donors (Lipinski definition) is 0. The van der Waals surface area contributed by atoms with E-state index in [0.717, 1.165) is 0 Å². The van der Waals surface area contributed by atoms with Crippen LogP contribution in [0.3, 0.4) is 0 Å². The molecule has 0 nitrogen and oxygen atoms in total. The van der Waals surface area contributed by atoms with Gasteiger partial charge in [0.15, 0.2) is 0 Å². The average molecular weight is 550 g/mol. The minimum absolute atomic E-state index is 0. The van der Waals surface area contributed by atoms with Crippen LogP contribution in [0.5, 0.6) is 0 Å². The maximum atomic E-state index is 3.06. The zero-order valence-corrected chi connectivity index (χ0v) is 27.2. The second-order valence-electron chi connectivity index (χ2n) is 10.2. The molecule has 0 heterocycles. The monoisotopic (exact) mass is 548 g/mol. The van der Waals surface area contributed by atoms with Crippen LogP contribution in [0.4, 0.5) is 0 Å². The van der Waals surface area contributed by atoms with E-state index in [-0.39, 0.29) is 40.5 Å². The molecule has 4 aromatic rings. The molecule has 2 heteroatoms. The summed E-state index contributed by atoms with van der Waals surface area (Å²) >= 11 is 1.36. The summed E-state index contributed by atoms with van der Waals surface area (Å²) < 4.78 is 0. The van der Waals surface area contributed by atoms with Gasteiger partial charge in [-0.05, 0) is 10.8 Å². The summed E-state index contributed by atoms with van der Waals surface area (Å²) in [5.41, 5.74) is 6.08. The van der Waals surface area contributed by atoms with Crippen molar-refractivity contribution >= 4 is 28.4 Å². The predicted molar refractivity (Wildman–Crippen MR) is 157 cm³/mol. The molecule has 0 aliphatic heterocycles. The summed E-state index contributed by atoms with van der Waals surface area (Å²) in [5.74, 6) is 0. The Morgan fingerprint density at radius 2 is 0.882 bits per heavy atom. The fourth-order valence-corrected chi connectivity index (χ4v) is 4.08. The van der Waals surface area contributed by atoms with Gasteiger partial charge in [-0.1, -0.05) is 78.6 Å². The molecule has 0 fully saturated rings. The van der Waals surface area contributed by atoms with Crippen molar-refractivity contribution in [1.82, 2.24) is 0 Å². The Bertz CT molecular complexity index is 1020. The Hall–Kier alpha value is -1.24. The van der Waals surface area contributed by atoms with Crippen LogP contribution in [-0.2, 0) is 34.2 Å². The van der Waals surface area contributed by atoms with Crippen molar-refractivity contribution in [2.75, 3.05) is 0 Å². The molecule has 0 spiro atoms. The van der Waals surface area contributed by atoms with E-state index >= 15 is 0 Å². The maximum absolute atomic E-state index is 3.06. The molecule has 0 aromatic heterocycles. The third-order valence-corrected chi connectivity index (χ3v) is 5.41. The van der Waals surface area contributed by atoms with E-state index in [9.17, 15) is 0 Å². The van der Waals surface area contributed by atoms with Crippen molar-refractivity contribution in [2.45, 2.75) is 66.2 Å². The molecule has 0 aliphatic rings. The number of aryl methyl sites for hydroxylation is 2. The van der Waals surface area contributed by atoms with E-state index < -0.39 is 0 Å². The summed E-state index contributed by atoms with van der Waals surface area (Å²) in [6.45, 7) is 21.0. The zero-order chi connectivity index (χ0) is 22.7. The second kappa shape index (κ2) is 15.0. The molecular formula is C32H46SiZr-6. The van der Waals surface area contributed by atoms with Crippen molar-refractivity contribution in [3.63, 3.8) is 0 Å². The van der Waals surface area contributed by atoms with Gasteiger partial charge in [-0.15, -0.1) is 69.1 Å². The zero-order valence-electron chi connectivity index (χ0n) is 23.8. The first-order valence-corrected chi connectivity index (χ1v) is 14.7. The van der Waals surface area contributed by atoms with Crippen molar-refractivity contribution in [3.05, 3.63) is 113 Å². The van der Waals surface area contributed by atoms with Gasteiger partial charge in [0.2, 0.25) is 0 Å². The van der Waals surface area contributed by atoms with E-state index in [4.69, 9.17) is 0 Å². The molecule has 0 bridgehead atoms. The second-order valence-corrected chi connectivity index (χ2v) is 10.2. The Balaban J connectivity index is -0.000000475. The summed E-state index contributed by atoms with van der Waals surface area (Å²) in [6.07, 6.45) is 0. The molecule has 4 rings (SSSR count). The first-order chi connectivity index (χ1) is 14.0. The van der Waals surface area contributed by atoms with Crippen molar-refractivity contribution < 1.29 is 23.3 Å². The van der Waals surface area contributed by atoms with Crippen LogP contribution in [0.25, 0.3) is 21.5 Å². The first-order valence-electron chi connectivity index (χ1n) is 10.5. The van der Waals surface area contributed by atoms with Crippen LogP contribution >= 0.6 is 0 Å². The van der Waals surface area contributed by atoms with Crippen LogP contribution in [0.15, 0.2) is 60.7 Å².